The zero-order valence-corrected chi connectivity index (χ0v) is 15.0. The lowest BCUT2D eigenvalue weighted by molar-refractivity contribution is -0.121. The molecule has 25 heavy (non-hydrogen) atoms. The Kier molecular flexibility index (Phi) is 5.71. The summed E-state index contributed by atoms with van der Waals surface area (Å²) in [6, 6.07) is 15.9. The van der Waals surface area contributed by atoms with E-state index < -0.39 is 0 Å². The van der Waals surface area contributed by atoms with Gasteiger partial charge in [-0.2, -0.15) is 0 Å². The zero-order valence-electron chi connectivity index (χ0n) is 15.0. The monoisotopic (exact) mass is 338 g/mol. The van der Waals surface area contributed by atoms with Crippen molar-refractivity contribution in [2.45, 2.75) is 19.8 Å². The van der Waals surface area contributed by atoms with E-state index in [4.69, 9.17) is 4.74 Å². The molecule has 1 saturated heterocycles. The van der Waals surface area contributed by atoms with Crippen molar-refractivity contribution in [2.75, 3.05) is 32.1 Å². The Morgan fingerprint density at radius 1 is 1.16 bits per heavy atom. The highest BCUT2D eigenvalue weighted by molar-refractivity contribution is 5.96. The summed E-state index contributed by atoms with van der Waals surface area (Å²) < 4.78 is 5.32. The number of ether oxygens (including phenoxy) is 1. The van der Waals surface area contributed by atoms with Crippen molar-refractivity contribution in [2.24, 2.45) is 5.92 Å². The molecule has 0 saturated carbocycles. The number of carbonyl (C=O) groups is 1. The first-order valence-corrected chi connectivity index (χ1v) is 8.98. The van der Waals surface area contributed by atoms with Crippen molar-refractivity contribution in [3.63, 3.8) is 0 Å². The third kappa shape index (κ3) is 4.20. The minimum atomic E-state index is 0.0983. The summed E-state index contributed by atoms with van der Waals surface area (Å²) in [4.78, 5) is 15.1. The summed E-state index contributed by atoms with van der Waals surface area (Å²) in [5.41, 5.74) is 2.91. The molecule has 2 aromatic carbocycles. The van der Waals surface area contributed by atoms with Gasteiger partial charge in [0, 0.05) is 17.2 Å². The third-order valence-corrected chi connectivity index (χ3v) is 4.97. The van der Waals surface area contributed by atoms with E-state index in [1.165, 1.54) is 0 Å². The Hall–Kier alpha value is -2.33. The Bertz CT molecular complexity index is 721. The minimum Gasteiger partial charge on any atom is -0.497 e. The van der Waals surface area contributed by atoms with Gasteiger partial charge in [0.1, 0.15) is 5.75 Å². The first-order valence-electron chi connectivity index (χ1n) is 8.98. The smallest absolute Gasteiger partial charge is 0.227 e. The number of carbonyl (C=O) groups excluding carboxylic acids is 1. The lowest BCUT2D eigenvalue weighted by atomic mass is 9.95. The van der Waals surface area contributed by atoms with Crippen LogP contribution in [0.15, 0.2) is 48.5 Å². The van der Waals surface area contributed by atoms with Crippen LogP contribution in [-0.2, 0) is 4.79 Å². The van der Waals surface area contributed by atoms with Gasteiger partial charge in [-0.3, -0.25) is 4.79 Å². The molecule has 4 nitrogen and oxygen atoms in total. The number of hydrogen-bond acceptors (Lipinski definition) is 3. The average molecular weight is 338 g/mol. The van der Waals surface area contributed by atoms with Gasteiger partial charge in [0.2, 0.25) is 5.91 Å². The molecule has 4 heteroatoms. The number of nitrogens with zero attached hydrogens (tertiary/aromatic N) is 1. The number of para-hydroxylation sites is 1. The van der Waals surface area contributed by atoms with Crippen molar-refractivity contribution < 1.29 is 9.53 Å². The highest BCUT2D eigenvalue weighted by atomic mass is 16.5. The first-order chi connectivity index (χ1) is 12.2. The third-order valence-electron chi connectivity index (χ3n) is 4.97. The van der Waals surface area contributed by atoms with E-state index in [0.717, 1.165) is 55.0 Å². The number of amides is 1. The number of benzene rings is 2. The van der Waals surface area contributed by atoms with Crippen LogP contribution in [0.4, 0.5) is 5.69 Å². The molecule has 0 bridgehead atoms. The molecule has 2 aromatic rings. The Morgan fingerprint density at radius 3 is 2.64 bits per heavy atom. The van der Waals surface area contributed by atoms with Gasteiger partial charge >= 0.3 is 0 Å². The largest absolute Gasteiger partial charge is 0.497 e. The van der Waals surface area contributed by atoms with Gasteiger partial charge < -0.3 is 15.0 Å². The molecular formula is C21H26N2O2. The summed E-state index contributed by atoms with van der Waals surface area (Å²) in [6.45, 7) is 5.25. The van der Waals surface area contributed by atoms with Gasteiger partial charge in [-0.25, -0.2) is 0 Å². The molecule has 132 valence electrons. The van der Waals surface area contributed by atoms with Crippen LogP contribution in [0, 0.1) is 5.92 Å². The van der Waals surface area contributed by atoms with Crippen LogP contribution in [0.2, 0.25) is 0 Å². The van der Waals surface area contributed by atoms with E-state index in [1.54, 1.807) is 7.11 Å². The van der Waals surface area contributed by atoms with Crippen LogP contribution in [0.5, 0.6) is 5.75 Å². The van der Waals surface area contributed by atoms with Gasteiger partial charge in [0.05, 0.1) is 7.11 Å². The molecule has 1 fully saturated rings. The predicted octanol–water partition coefficient (Wildman–Crippen LogP) is 4.03. The number of hydrogen-bond donors (Lipinski definition) is 1. The van der Waals surface area contributed by atoms with Gasteiger partial charge in [-0.15, -0.1) is 0 Å². The highest BCUT2D eigenvalue weighted by Gasteiger charge is 2.24. The molecule has 3 rings (SSSR count). The van der Waals surface area contributed by atoms with Crippen molar-refractivity contribution in [3.05, 3.63) is 48.5 Å². The fraction of sp³-hybridized carbons (Fsp3) is 0.381. The second-order valence-electron chi connectivity index (χ2n) is 6.48. The summed E-state index contributed by atoms with van der Waals surface area (Å²) in [5, 5.41) is 3.15. The van der Waals surface area contributed by atoms with E-state index in [9.17, 15) is 4.79 Å². The second kappa shape index (κ2) is 8.17. The maximum Gasteiger partial charge on any atom is 0.227 e. The molecule has 1 aliphatic rings. The summed E-state index contributed by atoms with van der Waals surface area (Å²) >= 11 is 0. The molecule has 0 spiro atoms. The second-order valence-corrected chi connectivity index (χ2v) is 6.48. The van der Waals surface area contributed by atoms with Gasteiger partial charge in [-0.05, 0) is 56.2 Å². The van der Waals surface area contributed by atoms with E-state index >= 15 is 0 Å². The van der Waals surface area contributed by atoms with E-state index in [2.05, 4.69) is 17.1 Å². The molecule has 0 radical (unpaired) electrons. The van der Waals surface area contributed by atoms with Crippen LogP contribution in [0.1, 0.15) is 19.8 Å². The van der Waals surface area contributed by atoms with Crippen molar-refractivity contribution in [1.82, 2.24) is 4.90 Å². The number of piperidine rings is 1. The molecular weight excluding hydrogens is 312 g/mol. The average Bonchev–Trinajstić information content (AvgIpc) is 2.68. The molecule has 0 aliphatic carbocycles. The molecule has 0 unspecified atom stereocenters. The normalized spacial score (nSPS) is 15.8. The number of anilines is 1. The van der Waals surface area contributed by atoms with Crippen molar-refractivity contribution in [3.8, 4) is 16.9 Å². The Labute approximate surface area is 149 Å². The minimum absolute atomic E-state index is 0.0983. The van der Waals surface area contributed by atoms with E-state index in [1.807, 2.05) is 48.5 Å². The summed E-state index contributed by atoms with van der Waals surface area (Å²) in [6.07, 6.45) is 1.86. The molecule has 1 aliphatic heterocycles. The van der Waals surface area contributed by atoms with Gasteiger partial charge in [0.15, 0.2) is 0 Å². The fourth-order valence-corrected chi connectivity index (χ4v) is 3.38. The van der Waals surface area contributed by atoms with Crippen LogP contribution in [-0.4, -0.2) is 37.6 Å². The number of nitrogens with one attached hydrogen (secondary N) is 1. The van der Waals surface area contributed by atoms with Crippen LogP contribution in [0.25, 0.3) is 11.1 Å². The van der Waals surface area contributed by atoms with Crippen LogP contribution in [0.3, 0.4) is 0 Å². The van der Waals surface area contributed by atoms with Crippen molar-refractivity contribution in [1.29, 1.82) is 0 Å². The molecule has 0 atom stereocenters. The quantitative estimate of drug-likeness (QED) is 0.895. The summed E-state index contributed by atoms with van der Waals surface area (Å²) in [5.74, 6) is 1.04. The first kappa shape index (κ1) is 17.5. The Morgan fingerprint density at radius 2 is 1.92 bits per heavy atom. The van der Waals surface area contributed by atoms with Crippen LogP contribution >= 0.6 is 0 Å². The standard InChI is InChI=1S/C21H26N2O2/c1-3-23-13-11-16(12-14-23)21(24)22-20-10-5-4-9-19(20)17-7-6-8-18(15-17)25-2/h4-10,15-16H,3,11-14H2,1-2H3,(H,22,24). The molecule has 0 aromatic heterocycles. The topological polar surface area (TPSA) is 41.6 Å². The number of likely N-dealkylation sites (tertiary alicyclic amines) is 1. The summed E-state index contributed by atoms with van der Waals surface area (Å²) in [7, 11) is 1.66. The van der Waals surface area contributed by atoms with Crippen LogP contribution < -0.4 is 10.1 Å². The number of methoxy groups -OCH3 is 1. The zero-order chi connectivity index (χ0) is 17.6. The Balaban J connectivity index is 1.76. The predicted molar refractivity (Wildman–Crippen MR) is 102 cm³/mol. The SMILES string of the molecule is CCN1CCC(C(=O)Nc2ccccc2-c2cccc(OC)c2)CC1. The fourth-order valence-electron chi connectivity index (χ4n) is 3.38. The maximum atomic E-state index is 12.7. The van der Waals surface area contributed by atoms with E-state index in [-0.39, 0.29) is 11.8 Å². The molecule has 1 amide bonds. The number of rotatable bonds is 5. The van der Waals surface area contributed by atoms with E-state index in [0.29, 0.717) is 0 Å². The molecule has 1 N–H and O–H groups in total. The van der Waals surface area contributed by atoms with Gasteiger partial charge in [0.25, 0.3) is 0 Å². The van der Waals surface area contributed by atoms with Gasteiger partial charge in [-0.1, -0.05) is 37.3 Å². The lowest BCUT2D eigenvalue weighted by Gasteiger charge is -2.30. The van der Waals surface area contributed by atoms with Crippen molar-refractivity contribution >= 4 is 11.6 Å². The molecule has 1 heterocycles. The maximum absolute atomic E-state index is 12.7. The highest BCUT2D eigenvalue weighted by Crippen LogP contribution is 2.31. The lowest BCUT2D eigenvalue weighted by Crippen LogP contribution is -2.38.